The number of benzene rings is 1. The Morgan fingerprint density at radius 3 is 2.57 bits per heavy atom. The van der Waals surface area contributed by atoms with Crippen molar-refractivity contribution >= 4 is 17.6 Å². The summed E-state index contributed by atoms with van der Waals surface area (Å²) in [4.78, 5) is 22.8. The number of nitrogens with zero attached hydrogens (tertiary/aromatic N) is 1. The van der Waals surface area contributed by atoms with Gasteiger partial charge in [0.15, 0.2) is 0 Å². The molecule has 3 N–H and O–H groups in total. The smallest absolute Gasteiger partial charge is 0.326 e. The topological polar surface area (TPSA) is 92.9 Å². The number of methoxy groups -OCH3 is 1. The van der Waals surface area contributed by atoms with Crippen molar-refractivity contribution < 1.29 is 19.4 Å². The van der Waals surface area contributed by atoms with Crippen LogP contribution in [0.15, 0.2) is 18.2 Å². The van der Waals surface area contributed by atoms with Crippen molar-refractivity contribution in [3.8, 4) is 5.75 Å². The van der Waals surface area contributed by atoms with Gasteiger partial charge >= 0.3 is 5.97 Å². The predicted molar refractivity (Wildman–Crippen MR) is 80.2 cm³/mol. The molecule has 0 bridgehead atoms. The van der Waals surface area contributed by atoms with Gasteiger partial charge in [0.05, 0.1) is 12.8 Å². The first kappa shape index (κ1) is 16.8. The van der Waals surface area contributed by atoms with Crippen LogP contribution in [0.2, 0.25) is 0 Å². The zero-order valence-electron chi connectivity index (χ0n) is 12.6. The molecule has 1 heterocycles. The van der Waals surface area contributed by atoms with Crippen molar-refractivity contribution in [3.63, 3.8) is 0 Å². The van der Waals surface area contributed by atoms with Crippen LogP contribution in [0.5, 0.6) is 5.75 Å². The number of nitrogens with two attached hydrogens (primary N) is 1. The third-order valence-corrected chi connectivity index (χ3v) is 3.32. The summed E-state index contributed by atoms with van der Waals surface area (Å²) in [5.74, 6) is -0.231. The lowest BCUT2D eigenvalue weighted by Gasteiger charge is -2.19. The highest BCUT2D eigenvalue weighted by atomic mass is 16.5. The van der Waals surface area contributed by atoms with Gasteiger partial charge in [-0.15, -0.1) is 0 Å². The Kier molecular flexibility index (Phi) is 6.02. The van der Waals surface area contributed by atoms with E-state index in [-0.39, 0.29) is 5.91 Å². The molecule has 0 radical (unpaired) electrons. The molecule has 1 atom stereocenters. The second kappa shape index (κ2) is 7.52. The fraction of sp³-hybridized carbons (Fsp3) is 0.467. The lowest BCUT2D eigenvalue weighted by atomic mass is 10.2. The maximum absolute atomic E-state index is 11.0. The number of amides is 1. The van der Waals surface area contributed by atoms with Crippen LogP contribution in [-0.4, -0.2) is 41.6 Å². The Morgan fingerprint density at radius 2 is 2.14 bits per heavy atom. The van der Waals surface area contributed by atoms with Gasteiger partial charge in [0.1, 0.15) is 11.8 Å². The monoisotopic (exact) mass is 294 g/mol. The summed E-state index contributed by atoms with van der Waals surface area (Å²) in [6, 6.07) is 5.06. The number of aryl methyl sites for hydroxylation is 1. The number of carbonyl (C=O) groups is 2. The number of ether oxygens (including phenoxy) is 1. The Hall–Kier alpha value is -2.24. The van der Waals surface area contributed by atoms with Crippen molar-refractivity contribution in [1.29, 1.82) is 0 Å². The molecular weight excluding hydrogens is 272 g/mol. The van der Waals surface area contributed by atoms with Crippen LogP contribution >= 0.6 is 0 Å². The number of carbonyl (C=O) groups excluding carboxylic acids is 1. The molecule has 0 spiro atoms. The molecule has 6 nitrogen and oxygen atoms in total. The van der Waals surface area contributed by atoms with E-state index < -0.39 is 12.0 Å². The highest BCUT2D eigenvalue weighted by Crippen LogP contribution is 2.20. The summed E-state index contributed by atoms with van der Waals surface area (Å²) in [5.41, 5.74) is 7.45. The minimum Gasteiger partial charge on any atom is -0.495 e. The van der Waals surface area contributed by atoms with Crippen LogP contribution < -0.4 is 10.5 Å². The Morgan fingerprint density at radius 1 is 1.48 bits per heavy atom. The quantitative estimate of drug-likeness (QED) is 0.827. The van der Waals surface area contributed by atoms with Crippen molar-refractivity contribution in [2.75, 3.05) is 19.4 Å². The van der Waals surface area contributed by atoms with E-state index in [0.29, 0.717) is 18.7 Å². The van der Waals surface area contributed by atoms with E-state index in [1.165, 1.54) is 11.8 Å². The van der Waals surface area contributed by atoms with Crippen LogP contribution in [-0.2, 0) is 9.59 Å². The summed E-state index contributed by atoms with van der Waals surface area (Å²) in [7, 11) is 1.61. The van der Waals surface area contributed by atoms with E-state index >= 15 is 0 Å². The molecule has 21 heavy (non-hydrogen) atoms. The summed E-state index contributed by atoms with van der Waals surface area (Å²) >= 11 is 0. The van der Waals surface area contributed by atoms with Crippen LogP contribution in [0.1, 0.15) is 25.3 Å². The van der Waals surface area contributed by atoms with Crippen LogP contribution in [0.4, 0.5) is 5.69 Å². The number of nitrogen functional groups attached to an aromatic ring is 1. The van der Waals surface area contributed by atoms with Gasteiger partial charge in [-0.1, -0.05) is 6.07 Å². The number of rotatable bonds is 3. The number of carboxylic acids is 1. The second-order valence-electron chi connectivity index (χ2n) is 4.95. The molecule has 1 unspecified atom stereocenters. The van der Waals surface area contributed by atoms with Crippen LogP contribution in [0.25, 0.3) is 0 Å². The first-order valence-corrected chi connectivity index (χ1v) is 6.79. The van der Waals surface area contributed by atoms with Crippen molar-refractivity contribution in [3.05, 3.63) is 23.8 Å². The Labute approximate surface area is 124 Å². The average molecular weight is 294 g/mol. The minimum atomic E-state index is -0.930. The highest BCUT2D eigenvalue weighted by Gasteiger charge is 2.28. The number of carboxylic acid groups (broad SMARTS) is 1. The van der Waals surface area contributed by atoms with Crippen molar-refractivity contribution in [2.45, 2.75) is 32.7 Å². The number of likely N-dealkylation sites (tertiary alicyclic amines) is 1. The summed E-state index contributed by atoms with van der Waals surface area (Å²) in [6.45, 7) is 4.12. The first-order valence-electron chi connectivity index (χ1n) is 6.79. The molecule has 1 amide bonds. The minimum absolute atomic E-state index is 0.0418. The molecule has 116 valence electrons. The zero-order valence-corrected chi connectivity index (χ0v) is 12.6. The normalized spacial score (nSPS) is 15.2. The maximum atomic E-state index is 11.0. The largest absolute Gasteiger partial charge is 0.495 e. The van der Waals surface area contributed by atoms with Gasteiger partial charge in [-0.2, -0.15) is 0 Å². The second-order valence-corrected chi connectivity index (χ2v) is 4.95. The van der Waals surface area contributed by atoms with E-state index in [9.17, 15) is 9.59 Å². The van der Waals surface area contributed by atoms with E-state index in [1.54, 1.807) is 7.11 Å². The third-order valence-electron chi connectivity index (χ3n) is 3.32. The Bertz CT molecular complexity index is 516. The van der Waals surface area contributed by atoms with Crippen LogP contribution in [0, 0.1) is 6.92 Å². The average Bonchev–Trinajstić information content (AvgIpc) is 2.85. The maximum Gasteiger partial charge on any atom is 0.326 e. The first-order chi connectivity index (χ1) is 9.86. The van der Waals surface area contributed by atoms with E-state index in [2.05, 4.69) is 0 Å². The number of hydrogen-bond acceptors (Lipinski definition) is 4. The van der Waals surface area contributed by atoms with Gasteiger partial charge in [0.2, 0.25) is 5.91 Å². The molecule has 2 rings (SSSR count). The molecule has 1 aliphatic heterocycles. The van der Waals surface area contributed by atoms with Gasteiger partial charge in [-0.3, -0.25) is 4.79 Å². The van der Waals surface area contributed by atoms with E-state index in [4.69, 9.17) is 15.6 Å². The fourth-order valence-electron chi connectivity index (χ4n) is 2.07. The number of aliphatic carboxylic acids is 1. The molecule has 1 aliphatic rings. The van der Waals surface area contributed by atoms with Gasteiger partial charge in [-0.25, -0.2) is 4.79 Å². The lowest BCUT2D eigenvalue weighted by molar-refractivity contribution is -0.147. The standard InChI is InChI=1S/C8H11NO.C7H11NO3/c1-6-3-4-8(10-2)7(9)5-6;1-5(7(10)11)8-4-2-3-6(8)9/h3-5H,9H2,1-2H3;5H,2-4H2,1H3,(H,10,11). The molecule has 6 heteroatoms. The lowest BCUT2D eigenvalue weighted by Crippen LogP contribution is -2.39. The molecule has 0 aromatic heterocycles. The third kappa shape index (κ3) is 4.66. The summed E-state index contributed by atoms with van der Waals surface area (Å²) in [6.07, 6.45) is 1.29. The predicted octanol–water partition coefficient (Wildman–Crippen LogP) is 1.67. The molecule has 1 saturated heterocycles. The summed E-state index contributed by atoms with van der Waals surface area (Å²) < 4.78 is 4.97. The fourth-order valence-corrected chi connectivity index (χ4v) is 2.07. The van der Waals surface area contributed by atoms with Gasteiger partial charge in [0, 0.05) is 13.0 Å². The Balaban J connectivity index is 0.000000211. The van der Waals surface area contributed by atoms with Crippen molar-refractivity contribution in [1.82, 2.24) is 4.90 Å². The molecule has 1 fully saturated rings. The van der Waals surface area contributed by atoms with Crippen molar-refractivity contribution in [2.24, 2.45) is 0 Å². The number of anilines is 1. The SMILES string of the molecule is CC(C(=O)O)N1CCCC1=O.COc1ccc(C)cc1N. The number of hydrogen-bond donors (Lipinski definition) is 2. The highest BCUT2D eigenvalue weighted by molar-refractivity contribution is 5.84. The van der Waals surface area contributed by atoms with Gasteiger partial charge in [0.25, 0.3) is 0 Å². The summed E-state index contributed by atoms with van der Waals surface area (Å²) in [5, 5.41) is 8.57. The molecular formula is C15H22N2O4. The van der Waals surface area contributed by atoms with Gasteiger partial charge < -0.3 is 20.5 Å². The van der Waals surface area contributed by atoms with E-state index in [0.717, 1.165) is 17.7 Å². The van der Waals surface area contributed by atoms with E-state index in [1.807, 2.05) is 25.1 Å². The molecule has 0 saturated carbocycles. The van der Waals surface area contributed by atoms with Crippen LogP contribution in [0.3, 0.4) is 0 Å². The zero-order chi connectivity index (χ0) is 16.0. The molecule has 1 aromatic carbocycles. The molecule has 1 aromatic rings. The molecule has 0 aliphatic carbocycles. The van der Waals surface area contributed by atoms with Gasteiger partial charge in [-0.05, 0) is 38.0 Å².